The predicted octanol–water partition coefficient (Wildman–Crippen LogP) is 3.58. The van der Waals surface area contributed by atoms with E-state index in [2.05, 4.69) is 10.2 Å². The quantitative estimate of drug-likeness (QED) is 0.473. The van der Waals surface area contributed by atoms with Crippen molar-refractivity contribution in [2.24, 2.45) is 0 Å². The van der Waals surface area contributed by atoms with Gasteiger partial charge < -0.3 is 13.9 Å². The maximum absolute atomic E-state index is 11.8. The lowest BCUT2D eigenvalue weighted by Crippen LogP contribution is -2.07. The van der Waals surface area contributed by atoms with Crippen LogP contribution in [0.1, 0.15) is 5.56 Å². The van der Waals surface area contributed by atoms with Gasteiger partial charge in [-0.15, -0.1) is 10.2 Å². The number of methoxy groups -OCH3 is 1. The first-order chi connectivity index (χ1) is 12.3. The minimum absolute atomic E-state index is 0.0976. The largest absolute Gasteiger partial charge is 0.496 e. The molecule has 0 unspecified atom stereocenters. The summed E-state index contributed by atoms with van der Waals surface area (Å²) in [6.45, 7) is 0.247. The first-order valence-corrected chi connectivity index (χ1v) is 8.54. The maximum atomic E-state index is 11.8. The molecule has 0 amide bonds. The van der Waals surface area contributed by atoms with Crippen LogP contribution in [0.4, 0.5) is 0 Å². The second kappa shape index (κ2) is 8.34. The van der Waals surface area contributed by atoms with Crippen LogP contribution in [-0.2, 0) is 16.1 Å². The van der Waals surface area contributed by atoms with E-state index < -0.39 is 0 Å². The molecule has 128 valence electrons. The molecular formula is C18H16N2O4S. The molecule has 0 fully saturated rings. The van der Waals surface area contributed by atoms with Gasteiger partial charge in [0.05, 0.1) is 12.7 Å². The van der Waals surface area contributed by atoms with Crippen LogP contribution in [0.5, 0.6) is 5.75 Å². The van der Waals surface area contributed by atoms with E-state index in [1.165, 1.54) is 0 Å². The highest BCUT2D eigenvalue weighted by molar-refractivity contribution is 7.99. The standard InChI is InChI=1S/C18H16N2O4S/c1-22-15-10-6-5-9-14(15)17-19-20-18(24-17)25-12-16(21)23-11-13-7-3-2-4-8-13/h2-10H,11-12H2,1H3. The van der Waals surface area contributed by atoms with Crippen molar-refractivity contribution in [1.29, 1.82) is 0 Å². The fourth-order valence-corrected chi connectivity index (χ4v) is 2.66. The second-order valence-corrected chi connectivity index (χ2v) is 5.93. The Morgan fingerprint density at radius 3 is 2.64 bits per heavy atom. The molecule has 0 aliphatic rings. The number of rotatable bonds is 7. The minimum atomic E-state index is -0.342. The van der Waals surface area contributed by atoms with Gasteiger partial charge >= 0.3 is 5.97 Å². The zero-order chi connectivity index (χ0) is 17.5. The van der Waals surface area contributed by atoms with Crippen LogP contribution < -0.4 is 4.74 Å². The molecule has 0 atom stereocenters. The Morgan fingerprint density at radius 2 is 1.84 bits per heavy atom. The van der Waals surface area contributed by atoms with Gasteiger partial charge in [-0.1, -0.05) is 54.2 Å². The Labute approximate surface area is 149 Å². The van der Waals surface area contributed by atoms with Crippen LogP contribution in [-0.4, -0.2) is 29.0 Å². The number of hydrogen-bond donors (Lipinski definition) is 0. The molecule has 1 heterocycles. The van der Waals surface area contributed by atoms with E-state index in [1.807, 2.05) is 54.6 Å². The molecule has 0 radical (unpaired) electrons. The van der Waals surface area contributed by atoms with Crippen LogP contribution in [0.15, 0.2) is 64.2 Å². The zero-order valence-electron chi connectivity index (χ0n) is 13.5. The fraction of sp³-hybridized carbons (Fsp3) is 0.167. The molecule has 0 N–H and O–H groups in total. The zero-order valence-corrected chi connectivity index (χ0v) is 14.4. The van der Waals surface area contributed by atoms with Crippen molar-refractivity contribution >= 4 is 17.7 Å². The summed E-state index contributed by atoms with van der Waals surface area (Å²) in [5, 5.41) is 8.24. The number of nitrogens with zero attached hydrogens (tertiary/aromatic N) is 2. The highest BCUT2D eigenvalue weighted by Gasteiger charge is 2.14. The Morgan fingerprint density at radius 1 is 1.08 bits per heavy atom. The molecule has 2 aromatic carbocycles. The van der Waals surface area contributed by atoms with E-state index in [4.69, 9.17) is 13.9 Å². The number of thioether (sulfide) groups is 1. The number of carbonyl (C=O) groups excluding carboxylic acids is 1. The van der Waals surface area contributed by atoms with Gasteiger partial charge in [0.2, 0.25) is 0 Å². The topological polar surface area (TPSA) is 74.5 Å². The van der Waals surface area contributed by atoms with E-state index in [0.29, 0.717) is 22.4 Å². The third kappa shape index (κ3) is 4.60. The average molecular weight is 356 g/mol. The van der Waals surface area contributed by atoms with Crippen molar-refractivity contribution in [3.8, 4) is 17.2 Å². The van der Waals surface area contributed by atoms with Crippen LogP contribution in [0.2, 0.25) is 0 Å². The molecular weight excluding hydrogens is 340 g/mol. The van der Waals surface area contributed by atoms with Gasteiger partial charge in [0.1, 0.15) is 18.1 Å². The number of carbonyl (C=O) groups is 1. The first kappa shape index (κ1) is 17.0. The summed E-state index contributed by atoms with van der Waals surface area (Å²) in [4.78, 5) is 11.8. The van der Waals surface area contributed by atoms with Gasteiger partial charge in [-0.05, 0) is 17.7 Å². The van der Waals surface area contributed by atoms with Gasteiger partial charge in [0.15, 0.2) is 0 Å². The number of aromatic nitrogens is 2. The van der Waals surface area contributed by atoms with Crippen molar-refractivity contribution in [3.63, 3.8) is 0 Å². The third-order valence-corrected chi connectivity index (χ3v) is 4.09. The predicted molar refractivity (Wildman–Crippen MR) is 93.2 cm³/mol. The lowest BCUT2D eigenvalue weighted by molar-refractivity contribution is -0.141. The second-order valence-electron chi connectivity index (χ2n) is 5.01. The SMILES string of the molecule is COc1ccccc1-c1nnc(SCC(=O)OCc2ccccc2)o1. The highest BCUT2D eigenvalue weighted by Crippen LogP contribution is 2.30. The van der Waals surface area contributed by atoms with E-state index in [-0.39, 0.29) is 18.3 Å². The Bertz CT molecular complexity index is 836. The average Bonchev–Trinajstić information content (AvgIpc) is 3.14. The molecule has 3 rings (SSSR count). The number of ether oxygens (including phenoxy) is 2. The molecule has 25 heavy (non-hydrogen) atoms. The Balaban J connectivity index is 1.54. The van der Waals surface area contributed by atoms with Gasteiger partial charge in [-0.25, -0.2) is 0 Å². The van der Waals surface area contributed by atoms with E-state index in [1.54, 1.807) is 7.11 Å². The van der Waals surface area contributed by atoms with Gasteiger partial charge in [-0.3, -0.25) is 4.79 Å². The van der Waals surface area contributed by atoms with Crippen LogP contribution in [0.3, 0.4) is 0 Å². The molecule has 0 aliphatic carbocycles. The molecule has 0 spiro atoms. The summed E-state index contributed by atoms with van der Waals surface area (Å²) in [5.74, 6) is 0.744. The summed E-state index contributed by atoms with van der Waals surface area (Å²) in [6.07, 6.45) is 0. The van der Waals surface area contributed by atoms with Crippen molar-refractivity contribution in [1.82, 2.24) is 10.2 Å². The van der Waals surface area contributed by atoms with Crippen molar-refractivity contribution in [2.45, 2.75) is 11.8 Å². The fourth-order valence-electron chi connectivity index (χ4n) is 2.10. The van der Waals surface area contributed by atoms with E-state index in [9.17, 15) is 4.79 Å². The Hall–Kier alpha value is -2.80. The Kier molecular flexibility index (Phi) is 5.69. The molecule has 0 saturated carbocycles. The highest BCUT2D eigenvalue weighted by atomic mass is 32.2. The number of benzene rings is 2. The number of esters is 1. The summed E-state index contributed by atoms with van der Waals surface area (Å²) >= 11 is 1.14. The maximum Gasteiger partial charge on any atom is 0.316 e. The summed E-state index contributed by atoms with van der Waals surface area (Å²) in [6, 6.07) is 16.9. The third-order valence-electron chi connectivity index (χ3n) is 3.30. The molecule has 0 bridgehead atoms. The number of para-hydroxylation sites is 1. The number of hydrogen-bond acceptors (Lipinski definition) is 7. The lowest BCUT2D eigenvalue weighted by atomic mass is 10.2. The van der Waals surface area contributed by atoms with E-state index in [0.717, 1.165) is 17.3 Å². The molecule has 3 aromatic rings. The molecule has 0 aliphatic heterocycles. The van der Waals surface area contributed by atoms with Crippen molar-refractivity contribution in [2.75, 3.05) is 12.9 Å². The summed E-state index contributed by atoms with van der Waals surface area (Å²) in [7, 11) is 1.58. The van der Waals surface area contributed by atoms with Crippen molar-refractivity contribution in [3.05, 3.63) is 60.2 Å². The lowest BCUT2D eigenvalue weighted by Gasteiger charge is -2.04. The smallest absolute Gasteiger partial charge is 0.316 e. The van der Waals surface area contributed by atoms with Gasteiger partial charge in [0, 0.05) is 0 Å². The van der Waals surface area contributed by atoms with E-state index >= 15 is 0 Å². The molecule has 1 aromatic heterocycles. The minimum Gasteiger partial charge on any atom is -0.496 e. The van der Waals surface area contributed by atoms with Crippen LogP contribution in [0, 0.1) is 0 Å². The van der Waals surface area contributed by atoms with Crippen molar-refractivity contribution < 1.29 is 18.7 Å². The molecule has 7 heteroatoms. The monoisotopic (exact) mass is 356 g/mol. The van der Waals surface area contributed by atoms with Crippen LogP contribution >= 0.6 is 11.8 Å². The first-order valence-electron chi connectivity index (χ1n) is 7.55. The summed E-state index contributed by atoms with van der Waals surface area (Å²) in [5.41, 5.74) is 1.65. The van der Waals surface area contributed by atoms with Crippen LogP contribution in [0.25, 0.3) is 11.5 Å². The summed E-state index contributed by atoms with van der Waals surface area (Å²) < 4.78 is 16.1. The van der Waals surface area contributed by atoms with Gasteiger partial charge in [0.25, 0.3) is 11.1 Å². The molecule has 0 saturated heterocycles. The van der Waals surface area contributed by atoms with Gasteiger partial charge in [-0.2, -0.15) is 0 Å². The molecule has 6 nitrogen and oxygen atoms in total. The normalized spacial score (nSPS) is 10.4.